The lowest BCUT2D eigenvalue weighted by atomic mass is 10.1. The van der Waals surface area contributed by atoms with Gasteiger partial charge in [0.25, 0.3) is 5.91 Å². The number of unbranched alkanes of at least 4 members (excludes halogenated alkanes) is 1. The fourth-order valence-electron chi connectivity index (χ4n) is 3.84. The van der Waals surface area contributed by atoms with Gasteiger partial charge in [0, 0.05) is 29.6 Å². The van der Waals surface area contributed by atoms with Crippen LogP contribution in [-0.2, 0) is 4.79 Å². The lowest BCUT2D eigenvalue weighted by molar-refractivity contribution is -0.112. The van der Waals surface area contributed by atoms with Gasteiger partial charge in [-0.1, -0.05) is 31.5 Å². The van der Waals surface area contributed by atoms with E-state index >= 15 is 0 Å². The number of carbonyl (C=O) groups excluding carboxylic acids is 1. The number of nitrogens with zero attached hydrogens (tertiary/aromatic N) is 4. The van der Waals surface area contributed by atoms with E-state index in [1.54, 1.807) is 18.9 Å². The molecule has 0 unspecified atom stereocenters. The Kier molecular flexibility index (Phi) is 6.93. The van der Waals surface area contributed by atoms with Crippen molar-refractivity contribution >= 4 is 28.6 Å². The second-order valence-electron chi connectivity index (χ2n) is 7.53. The summed E-state index contributed by atoms with van der Waals surface area (Å²) in [6, 6.07) is 13.4. The number of para-hydroxylation sites is 1. The fourth-order valence-corrected chi connectivity index (χ4v) is 4.72. The van der Waals surface area contributed by atoms with Gasteiger partial charge in [0.2, 0.25) is 4.80 Å². The molecule has 1 amide bonds. The number of carbonyl (C=O) groups is 1. The molecule has 1 aliphatic heterocycles. The second-order valence-corrected chi connectivity index (χ2v) is 8.37. The summed E-state index contributed by atoms with van der Waals surface area (Å²) < 4.78 is 12.8. The number of hydrogen-bond acceptors (Lipinski definition) is 6. The zero-order valence-corrected chi connectivity index (χ0v) is 20.2. The number of methoxy groups -OCH3 is 2. The van der Waals surface area contributed by atoms with E-state index in [9.17, 15) is 4.79 Å². The molecule has 3 aromatic rings. The van der Waals surface area contributed by atoms with E-state index in [0.717, 1.165) is 35.3 Å². The largest absolute Gasteiger partial charge is 0.497 e. The third kappa shape index (κ3) is 4.30. The molecule has 2 heterocycles. The number of anilines is 1. The summed E-state index contributed by atoms with van der Waals surface area (Å²) in [7, 11) is 3.26. The van der Waals surface area contributed by atoms with Crippen molar-refractivity contribution in [3.8, 4) is 22.8 Å². The molecule has 2 aromatic carbocycles. The number of aromatic nitrogens is 1. The molecule has 8 heteroatoms. The van der Waals surface area contributed by atoms with E-state index < -0.39 is 0 Å². The van der Waals surface area contributed by atoms with Crippen LogP contribution in [-0.4, -0.2) is 43.6 Å². The summed E-state index contributed by atoms with van der Waals surface area (Å²) in [5.74, 6) is 1.31. The molecule has 0 fully saturated rings. The van der Waals surface area contributed by atoms with Gasteiger partial charge < -0.3 is 14.4 Å². The first-order chi connectivity index (χ1) is 16.1. The molecule has 0 aliphatic carbocycles. The third-order valence-corrected chi connectivity index (χ3v) is 6.35. The Morgan fingerprint density at radius 2 is 1.85 bits per heavy atom. The Hall–Kier alpha value is -3.39. The summed E-state index contributed by atoms with van der Waals surface area (Å²) in [6.07, 6.45) is 1.94. The number of fused-ring (bicyclic) bond motifs is 1. The molecule has 0 radical (unpaired) electrons. The van der Waals surface area contributed by atoms with Crippen LogP contribution in [0.2, 0.25) is 0 Å². The van der Waals surface area contributed by atoms with Gasteiger partial charge in [-0.2, -0.15) is 5.10 Å². The van der Waals surface area contributed by atoms with Crippen LogP contribution >= 0.6 is 11.3 Å². The quantitative estimate of drug-likeness (QED) is 0.491. The number of amides is 1. The lowest BCUT2D eigenvalue weighted by Gasteiger charge is -2.15. The van der Waals surface area contributed by atoms with Gasteiger partial charge in [0.05, 0.1) is 25.6 Å². The third-order valence-electron chi connectivity index (χ3n) is 5.49. The standard InChI is InChI=1S/C25H28N4O3S/c1-5-7-14-28-20-11-9-8-10-18(20)23(24(28)30)27-29-21(16-33-25(29)26-6-2)19-15-17(31-3)12-13-22(19)32-4/h8-13,15-16H,5-7,14H2,1-4H3. The summed E-state index contributed by atoms with van der Waals surface area (Å²) in [5, 5.41) is 6.87. The van der Waals surface area contributed by atoms with Crippen LogP contribution in [0.3, 0.4) is 0 Å². The van der Waals surface area contributed by atoms with Gasteiger partial charge in [0.1, 0.15) is 11.5 Å². The van der Waals surface area contributed by atoms with Gasteiger partial charge in [-0.25, -0.2) is 4.68 Å². The predicted octanol–water partition coefficient (Wildman–Crippen LogP) is 4.55. The predicted molar refractivity (Wildman–Crippen MR) is 133 cm³/mol. The van der Waals surface area contributed by atoms with Gasteiger partial charge in [-0.05, 0) is 37.6 Å². The van der Waals surface area contributed by atoms with Crippen LogP contribution in [0.25, 0.3) is 11.3 Å². The van der Waals surface area contributed by atoms with Crippen LogP contribution in [0, 0.1) is 0 Å². The number of hydrogen-bond donors (Lipinski definition) is 0. The van der Waals surface area contributed by atoms with Gasteiger partial charge >= 0.3 is 0 Å². The van der Waals surface area contributed by atoms with Crippen LogP contribution in [0.4, 0.5) is 5.69 Å². The molecule has 0 N–H and O–H groups in total. The number of ether oxygens (including phenoxy) is 2. The Bertz CT molecular complexity index is 1260. The first kappa shape index (κ1) is 22.8. The molecule has 1 aromatic heterocycles. The van der Waals surface area contributed by atoms with Crippen LogP contribution in [0.15, 0.2) is 57.9 Å². The number of rotatable bonds is 8. The van der Waals surface area contributed by atoms with Crippen LogP contribution < -0.4 is 19.2 Å². The smallest absolute Gasteiger partial charge is 0.279 e. The molecule has 172 valence electrons. The Morgan fingerprint density at radius 3 is 2.58 bits per heavy atom. The SMILES string of the molecule is CCCCN1C(=O)C(=Nn2c(-c3cc(OC)ccc3OC)csc2=NCC)c2ccccc21. The molecule has 0 spiro atoms. The second kappa shape index (κ2) is 10.0. The highest BCUT2D eigenvalue weighted by Gasteiger charge is 2.34. The summed E-state index contributed by atoms with van der Waals surface area (Å²) in [6.45, 7) is 5.37. The van der Waals surface area contributed by atoms with Crippen LogP contribution in [0.5, 0.6) is 11.5 Å². The Labute approximate surface area is 197 Å². The molecule has 33 heavy (non-hydrogen) atoms. The van der Waals surface area contributed by atoms with E-state index in [1.807, 2.05) is 59.7 Å². The minimum absolute atomic E-state index is 0.0886. The average Bonchev–Trinajstić information content (AvgIpc) is 3.36. The van der Waals surface area contributed by atoms with Gasteiger partial charge in [0.15, 0.2) is 5.71 Å². The van der Waals surface area contributed by atoms with E-state index in [-0.39, 0.29) is 5.91 Å². The summed E-state index contributed by atoms with van der Waals surface area (Å²) in [4.78, 5) is 20.6. The van der Waals surface area contributed by atoms with E-state index in [1.165, 1.54) is 11.3 Å². The zero-order chi connectivity index (χ0) is 23.4. The molecule has 1 aliphatic rings. The van der Waals surface area contributed by atoms with Crippen molar-refractivity contribution in [3.63, 3.8) is 0 Å². The van der Waals surface area contributed by atoms with Crippen molar-refractivity contribution < 1.29 is 14.3 Å². The van der Waals surface area contributed by atoms with E-state index in [4.69, 9.17) is 14.6 Å². The maximum Gasteiger partial charge on any atom is 0.279 e. The molecule has 0 bridgehead atoms. The highest BCUT2D eigenvalue weighted by Crippen LogP contribution is 2.35. The lowest BCUT2D eigenvalue weighted by Crippen LogP contribution is -2.31. The molecule has 4 rings (SSSR count). The number of benzene rings is 2. The number of thiazole rings is 1. The first-order valence-electron chi connectivity index (χ1n) is 11.1. The Morgan fingerprint density at radius 1 is 1.03 bits per heavy atom. The summed E-state index contributed by atoms with van der Waals surface area (Å²) in [5.41, 5.74) is 3.76. The van der Waals surface area contributed by atoms with Crippen molar-refractivity contribution in [1.29, 1.82) is 0 Å². The fraction of sp³-hybridized carbons (Fsp3) is 0.320. The van der Waals surface area contributed by atoms with Gasteiger partial charge in [-0.3, -0.25) is 9.79 Å². The van der Waals surface area contributed by atoms with E-state index in [0.29, 0.717) is 35.1 Å². The normalized spacial score (nSPS) is 14.8. The molecule has 0 saturated carbocycles. The minimum Gasteiger partial charge on any atom is -0.497 e. The van der Waals surface area contributed by atoms with Gasteiger partial charge in [-0.15, -0.1) is 11.3 Å². The molecule has 0 saturated heterocycles. The van der Waals surface area contributed by atoms with Crippen molar-refractivity contribution in [2.45, 2.75) is 26.7 Å². The van der Waals surface area contributed by atoms with E-state index in [2.05, 4.69) is 11.9 Å². The summed E-state index contributed by atoms with van der Waals surface area (Å²) >= 11 is 1.48. The Balaban J connectivity index is 1.92. The monoisotopic (exact) mass is 464 g/mol. The van der Waals surface area contributed by atoms with Crippen molar-refractivity contribution in [2.75, 3.05) is 32.2 Å². The zero-order valence-electron chi connectivity index (χ0n) is 19.4. The van der Waals surface area contributed by atoms with Crippen molar-refractivity contribution in [3.05, 3.63) is 58.2 Å². The maximum absolute atomic E-state index is 13.4. The molecular formula is C25H28N4O3S. The van der Waals surface area contributed by atoms with Crippen molar-refractivity contribution in [1.82, 2.24) is 4.68 Å². The molecule has 0 atom stereocenters. The highest BCUT2D eigenvalue weighted by atomic mass is 32.1. The molecular weight excluding hydrogens is 436 g/mol. The topological polar surface area (TPSA) is 68.4 Å². The van der Waals surface area contributed by atoms with Crippen molar-refractivity contribution in [2.24, 2.45) is 10.1 Å². The minimum atomic E-state index is -0.0886. The average molecular weight is 465 g/mol. The van der Waals surface area contributed by atoms with Crippen LogP contribution in [0.1, 0.15) is 32.3 Å². The highest BCUT2D eigenvalue weighted by molar-refractivity contribution is 7.07. The first-order valence-corrected chi connectivity index (χ1v) is 11.9. The molecule has 7 nitrogen and oxygen atoms in total. The maximum atomic E-state index is 13.4.